The van der Waals surface area contributed by atoms with Crippen LogP contribution in [0.15, 0.2) is 22.8 Å². The van der Waals surface area contributed by atoms with E-state index in [0.717, 1.165) is 25.5 Å². The molecule has 1 saturated carbocycles. The van der Waals surface area contributed by atoms with Crippen LogP contribution in [0.3, 0.4) is 0 Å². The highest BCUT2D eigenvalue weighted by Crippen LogP contribution is 2.20. The van der Waals surface area contributed by atoms with Gasteiger partial charge in [-0.3, -0.25) is 0 Å². The highest BCUT2D eigenvalue weighted by Gasteiger charge is 2.14. The molecule has 0 aliphatic heterocycles. The molecule has 3 heteroatoms. The van der Waals surface area contributed by atoms with Gasteiger partial charge in [0.25, 0.3) is 0 Å². The van der Waals surface area contributed by atoms with E-state index in [2.05, 4.69) is 5.32 Å². The average Bonchev–Trinajstić information content (AvgIpc) is 2.88. The minimum atomic E-state index is 0.524. The third kappa shape index (κ3) is 3.68. The summed E-state index contributed by atoms with van der Waals surface area (Å²) in [6, 6.07) is 3.89. The van der Waals surface area contributed by atoms with E-state index < -0.39 is 0 Å². The fraction of sp³-hybridized carbons (Fsp3) is 0.667. The molecule has 0 unspecified atom stereocenters. The summed E-state index contributed by atoms with van der Waals surface area (Å²) in [5, 5.41) is 3.29. The summed E-state index contributed by atoms with van der Waals surface area (Å²) in [5.41, 5.74) is 0. The Morgan fingerprint density at radius 2 is 2.27 bits per heavy atom. The van der Waals surface area contributed by atoms with Gasteiger partial charge in [0.1, 0.15) is 5.76 Å². The largest absolute Gasteiger partial charge is 0.468 e. The maximum Gasteiger partial charge on any atom is 0.117 e. The van der Waals surface area contributed by atoms with Crippen LogP contribution >= 0.6 is 0 Å². The van der Waals surface area contributed by atoms with Crippen LogP contribution in [-0.2, 0) is 11.3 Å². The van der Waals surface area contributed by atoms with Crippen LogP contribution in [0.2, 0.25) is 0 Å². The average molecular weight is 209 g/mol. The quantitative estimate of drug-likeness (QED) is 0.730. The first kappa shape index (κ1) is 10.7. The molecular weight excluding hydrogens is 190 g/mol. The molecule has 2 rings (SSSR count). The molecule has 0 spiro atoms. The van der Waals surface area contributed by atoms with Gasteiger partial charge in [-0.2, -0.15) is 0 Å². The van der Waals surface area contributed by atoms with Gasteiger partial charge in [0.15, 0.2) is 0 Å². The normalized spacial score (nSPS) is 17.3. The van der Waals surface area contributed by atoms with E-state index in [9.17, 15) is 0 Å². The van der Waals surface area contributed by atoms with E-state index in [4.69, 9.17) is 9.15 Å². The number of furan rings is 1. The zero-order chi connectivity index (χ0) is 10.3. The Hall–Kier alpha value is -0.800. The maximum absolute atomic E-state index is 5.73. The molecular formula is C12H19NO2. The number of nitrogens with one attached hydrogen (secondary N) is 1. The maximum atomic E-state index is 5.73. The lowest BCUT2D eigenvalue weighted by Crippen LogP contribution is -2.21. The highest BCUT2D eigenvalue weighted by molar-refractivity contribution is 4.97. The van der Waals surface area contributed by atoms with Crippen molar-refractivity contribution in [2.75, 3.05) is 13.2 Å². The molecule has 0 aromatic carbocycles. The lowest BCUT2D eigenvalue weighted by molar-refractivity contribution is 0.0601. The van der Waals surface area contributed by atoms with Gasteiger partial charge in [0.2, 0.25) is 0 Å². The van der Waals surface area contributed by atoms with Gasteiger partial charge in [-0.15, -0.1) is 0 Å². The van der Waals surface area contributed by atoms with Crippen molar-refractivity contribution >= 4 is 0 Å². The van der Waals surface area contributed by atoms with Crippen LogP contribution in [-0.4, -0.2) is 19.3 Å². The van der Waals surface area contributed by atoms with Gasteiger partial charge in [-0.05, 0) is 25.0 Å². The standard InChI is InChI=1S/C12H19NO2/c1-2-5-11(4-1)15-9-7-13-10-12-6-3-8-14-12/h3,6,8,11,13H,1-2,4-5,7,9-10H2. The zero-order valence-electron chi connectivity index (χ0n) is 9.08. The second-order valence-electron chi connectivity index (χ2n) is 4.03. The Morgan fingerprint density at radius 1 is 1.40 bits per heavy atom. The molecule has 0 radical (unpaired) electrons. The summed E-state index contributed by atoms with van der Waals surface area (Å²) < 4.78 is 10.9. The Bertz CT molecular complexity index is 253. The van der Waals surface area contributed by atoms with E-state index in [-0.39, 0.29) is 0 Å². The molecule has 1 N–H and O–H groups in total. The summed E-state index contributed by atoms with van der Waals surface area (Å²) in [7, 11) is 0. The van der Waals surface area contributed by atoms with Crippen molar-refractivity contribution < 1.29 is 9.15 Å². The number of hydrogen-bond donors (Lipinski definition) is 1. The van der Waals surface area contributed by atoms with Crippen LogP contribution in [0.25, 0.3) is 0 Å². The van der Waals surface area contributed by atoms with Crippen LogP contribution in [0.4, 0.5) is 0 Å². The van der Waals surface area contributed by atoms with Gasteiger partial charge in [-0.1, -0.05) is 12.8 Å². The van der Waals surface area contributed by atoms with Crippen molar-refractivity contribution in [2.45, 2.75) is 38.3 Å². The van der Waals surface area contributed by atoms with Gasteiger partial charge in [0, 0.05) is 6.54 Å². The first-order valence-electron chi connectivity index (χ1n) is 5.80. The van der Waals surface area contributed by atoms with Gasteiger partial charge in [0.05, 0.1) is 25.5 Å². The molecule has 1 heterocycles. The fourth-order valence-corrected chi connectivity index (χ4v) is 1.98. The van der Waals surface area contributed by atoms with Crippen LogP contribution < -0.4 is 5.32 Å². The first-order valence-corrected chi connectivity index (χ1v) is 5.80. The van der Waals surface area contributed by atoms with E-state index in [1.54, 1.807) is 6.26 Å². The Morgan fingerprint density at radius 3 is 3.00 bits per heavy atom. The number of ether oxygens (including phenoxy) is 1. The molecule has 1 aliphatic carbocycles. The monoisotopic (exact) mass is 209 g/mol. The number of rotatable bonds is 6. The smallest absolute Gasteiger partial charge is 0.117 e. The molecule has 15 heavy (non-hydrogen) atoms. The molecule has 1 aromatic heterocycles. The zero-order valence-corrected chi connectivity index (χ0v) is 9.08. The summed E-state index contributed by atoms with van der Waals surface area (Å²) in [6.07, 6.45) is 7.40. The van der Waals surface area contributed by atoms with Gasteiger partial charge >= 0.3 is 0 Å². The SMILES string of the molecule is c1coc(CNCCOC2CCCC2)c1. The molecule has 0 saturated heterocycles. The van der Waals surface area contributed by atoms with Crippen LogP contribution in [0.1, 0.15) is 31.4 Å². The second kappa shape index (κ2) is 5.93. The number of hydrogen-bond acceptors (Lipinski definition) is 3. The van der Waals surface area contributed by atoms with Crippen molar-refractivity contribution in [1.82, 2.24) is 5.32 Å². The molecule has 0 atom stereocenters. The highest BCUT2D eigenvalue weighted by atomic mass is 16.5. The molecule has 3 nitrogen and oxygen atoms in total. The lowest BCUT2D eigenvalue weighted by atomic mass is 10.3. The van der Waals surface area contributed by atoms with Crippen molar-refractivity contribution in [3.8, 4) is 0 Å². The van der Waals surface area contributed by atoms with Crippen molar-refractivity contribution in [1.29, 1.82) is 0 Å². The van der Waals surface area contributed by atoms with E-state index in [0.29, 0.717) is 6.10 Å². The fourth-order valence-electron chi connectivity index (χ4n) is 1.98. The van der Waals surface area contributed by atoms with Gasteiger partial charge in [-0.25, -0.2) is 0 Å². The van der Waals surface area contributed by atoms with E-state index in [1.165, 1.54) is 25.7 Å². The molecule has 1 aromatic rings. The third-order valence-corrected chi connectivity index (χ3v) is 2.81. The molecule has 1 aliphatic rings. The van der Waals surface area contributed by atoms with E-state index >= 15 is 0 Å². The lowest BCUT2D eigenvalue weighted by Gasteiger charge is -2.10. The molecule has 0 amide bonds. The van der Waals surface area contributed by atoms with Crippen LogP contribution in [0.5, 0.6) is 0 Å². The minimum Gasteiger partial charge on any atom is -0.468 e. The van der Waals surface area contributed by atoms with Crippen molar-refractivity contribution in [3.05, 3.63) is 24.2 Å². The first-order chi connectivity index (χ1) is 7.45. The molecule has 1 fully saturated rings. The van der Waals surface area contributed by atoms with E-state index in [1.807, 2.05) is 12.1 Å². The minimum absolute atomic E-state index is 0.524. The Kier molecular flexibility index (Phi) is 4.23. The predicted octanol–water partition coefficient (Wildman–Crippen LogP) is 2.33. The van der Waals surface area contributed by atoms with Gasteiger partial charge < -0.3 is 14.5 Å². The summed E-state index contributed by atoms with van der Waals surface area (Å²) in [5.74, 6) is 0.982. The second-order valence-corrected chi connectivity index (χ2v) is 4.03. The molecule has 84 valence electrons. The summed E-state index contributed by atoms with van der Waals surface area (Å²) in [6.45, 7) is 2.50. The Balaban J connectivity index is 1.48. The van der Waals surface area contributed by atoms with Crippen molar-refractivity contribution in [2.24, 2.45) is 0 Å². The summed E-state index contributed by atoms with van der Waals surface area (Å²) >= 11 is 0. The van der Waals surface area contributed by atoms with Crippen molar-refractivity contribution in [3.63, 3.8) is 0 Å². The third-order valence-electron chi connectivity index (χ3n) is 2.81. The summed E-state index contributed by atoms with van der Waals surface area (Å²) in [4.78, 5) is 0. The molecule has 0 bridgehead atoms. The van der Waals surface area contributed by atoms with Crippen LogP contribution in [0, 0.1) is 0 Å². The Labute approximate surface area is 90.8 Å². The topological polar surface area (TPSA) is 34.4 Å². The predicted molar refractivity (Wildman–Crippen MR) is 58.6 cm³/mol.